The maximum atomic E-state index is 12.9. The van der Waals surface area contributed by atoms with Gasteiger partial charge >= 0.3 is 30.3 Å². The van der Waals surface area contributed by atoms with Gasteiger partial charge in [-0.25, -0.2) is 19.2 Å². The third kappa shape index (κ3) is 16.8. The van der Waals surface area contributed by atoms with E-state index in [0.29, 0.717) is 33.0 Å². The SMILES string of the molecule is CC(=O)CN(CCNC(=O)Oc1c(C)cc(OC(=O)NCCN(CC(=O)OC(C)(C)C)C(=O)OC(C)(C)C)c2ccccc12)C(=O)OC(C)(C)C.CC1=CC(=O)c2ccccc2C1=O. The Morgan fingerprint density at radius 3 is 1.59 bits per heavy atom. The number of rotatable bonds is 12. The summed E-state index contributed by atoms with van der Waals surface area (Å²) in [5.41, 5.74) is -0.308. The van der Waals surface area contributed by atoms with Gasteiger partial charge in [-0.3, -0.25) is 29.0 Å². The number of benzene rings is 3. The van der Waals surface area contributed by atoms with Gasteiger partial charge in [0, 0.05) is 53.7 Å². The molecule has 3 aromatic carbocycles. The van der Waals surface area contributed by atoms with E-state index in [2.05, 4.69) is 10.6 Å². The van der Waals surface area contributed by atoms with Crippen molar-refractivity contribution >= 4 is 58.5 Å². The van der Waals surface area contributed by atoms with Crippen molar-refractivity contribution in [3.8, 4) is 11.5 Å². The van der Waals surface area contributed by atoms with Gasteiger partial charge < -0.3 is 34.3 Å². The normalized spacial score (nSPS) is 12.3. The first-order valence-corrected chi connectivity index (χ1v) is 20.6. The second-order valence-electron chi connectivity index (χ2n) is 17.9. The first-order chi connectivity index (χ1) is 29.6. The Hall–Kier alpha value is -6.78. The number of amides is 4. The van der Waals surface area contributed by atoms with Crippen LogP contribution in [0.25, 0.3) is 10.8 Å². The molecule has 0 fully saturated rings. The van der Waals surface area contributed by atoms with Crippen LogP contribution in [0.3, 0.4) is 0 Å². The molecular formula is C47H60N4O13. The first kappa shape index (κ1) is 51.6. The molecule has 0 saturated carbocycles. The first-order valence-electron chi connectivity index (χ1n) is 20.6. The van der Waals surface area contributed by atoms with Crippen molar-refractivity contribution in [2.45, 2.75) is 99.9 Å². The number of aryl methyl sites for hydroxylation is 1. The number of nitrogens with zero attached hydrogens (tertiary/aromatic N) is 2. The molecule has 0 spiro atoms. The molecule has 64 heavy (non-hydrogen) atoms. The maximum absolute atomic E-state index is 12.9. The van der Waals surface area contributed by atoms with Gasteiger partial charge in [-0.1, -0.05) is 48.5 Å². The van der Waals surface area contributed by atoms with E-state index in [1.165, 1.54) is 24.0 Å². The molecule has 0 saturated heterocycles. The number of Topliss-reactive ketones (excluding diaryl/α,β-unsaturated/α-hetero) is 2. The maximum Gasteiger partial charge on any atom is 0.412 e. The largest absolute Gasteiger partial charge is 0.459 e. The average Bonchev–Trinajstić information content (AvgIpc) is 3.16. The minimum absolute atomic E-state index is 0.00174. The number of nitrogens with one attached hydrogen (secondary N) is 2. The highest BCUT2D eigenvalue weighted by Crippen LogP contribution is 2.36. The topological polar surface area (TPSA) is 213 Å². The standard InChI is InChI=1S/C36H52N4O11.C11H8O2/c1-23-20-27(47-30(43)37-17-19-40(33(46)51-36(9,10)11)22-28(42)49-34(3,4)5)25-14-12-13-15-26(25)29(23)48-31(44)38-16-18-39(21-24(2)41)32(45)50-35(6,7)8;1-7-6-10(12)8-4-2-3-5-9(8)11(7)13/h12-15,20H,16-19,21-22H2,1-11H3,(H,37,43)(H,38,44);2-6H,1H3. The fourth-order valence-electron chi connectivity index (χ4n) is 5.89. The number of hydrogen-bond donors (Lipinski definition) is 2. The predicted molar refractivity (Wildman–Crippen MR) is 238 cm³/mol. The lowest BCUT2D eigenvalue weighted by Gasteiger charge is -2.28. The van der Waals surface area contributed by atoms with Gasteiger partial charge in [-0.2, -0.15) is 0 Å². The zero-order valence-electron chi connectivity index (χ0n) is 38.7. The van der Waals surface area contributed by atoms with E-state index in [0.717, 1.165) is 4.90 Å². The van der Waals surface area contributed by atoms with Crippen LogP contribution in [0, 0.1) is 6.92 Å². The van der Waals surface area contributed by atoms with Crippen molar-refractivity contribution in [3.05, 3.63) is 82.9 Å². The fraction of sp³-hybridized carbons (Fsp3) is 0.447. The van der Waals surface area contributed by atoms with Crippen molar-refractivity contribution in [1.82, 2.24) is 20.4 Å². The van der Waals surface area contributed by atoms with Gasteiger partial charge in [0.15, 0.2) is 11.6 Å². The van der Waals surface area contributed by atoms with Crippen molar-refractivity contribution in [2.75, 3.05) is 39.3 Å². The second kappa shape index (κ2) is 22.0. The molecule has 0 heterocycles. The summed E-state index contributed by atoms with van der Waals surface area (Å²) in [6.45, 7) is 19.3. The molecule has 4 amide bonds. The van der Waals surface area contributed by atoms with Crippen molar-refractivity contribution in [2.24, 2.45) is 0 Å². The Balaban J connectivity index is 0.000000705. The number of fused-ring (bicyclic) bond motifs is 2. The van der Waals surface area contributed by atoms with E-state index in [-0.39, 0.29) is 68.1 Å². The summed E-state index contributed by atoms with van der Waals surface area (Å²) in [5.74, 6) is -0.600. The Bertz CT molecular complexity index is 2280. The number of esters is 1. The molecule has 3 aromatic rings. The van der Waals surface area contributed by atoms with Gasteiger partial charge in [0.05, 0.1) is 6.54 Å². The highest BCUT2D eigenvalue weighted by atomic mass is 16.6. The second-order valence-corrected chi connectivity index (χ2v) is 17.9. The lowest BCUT2D eigenvalue weighted by Crippen LogP contribution is -2.45. The molecule has 4 rings (SSSR count). The molecule has 0 unspecified atom stereocenters. The molecule has 1 aliphatic rings. The quantitative estimate of drug-likeness (QED) is 0.132. The molecule has 17 heteroatoms. The van der Waals surface area contributed by atoms with E-state index in [1.54, 1.807) is 125 Å². The van der Waals surface area contributed by atoms with Crippen LogP contribution in [-0.4, -0.2) is 114 Å². The third-order valence-corrected chi connectivity index (χ3v) is 8.44. The highest BCUT2D eigenvalue weighted by Gasteiger charge is 2.28. The summed E-state index contributed by atoms with van der Waals surface area (Å²) in [7, 11) is 0. The number of allylic oxidation sites excluding steroid dienone is 2. The van der Waals surface area contributed by atoms with Crippen LogP contribution in [0.4, 0.5) is 19.2 Å². The van der Waals surface area contributed by atoms with E-state index >= 15 is 0 Å². The van der Waals surface area contributed by atoms with E-state index < -0.39 is 47.1 Å². The van der Waals surface area contributed by atoms with Crippen LogP contribution in [0.2, 0.25) is 0 Å². The summed E-state index contributed by atoms with van der Waals surface area (Å²) in [6.07, 6.45) is -1.67. The minimum atomic E-state index is -0.826. The molecule has 0 aliphatic heterocycles. The van der Waals surface area contributed by atoms with E-state index in [4.69, 9.17) is 23.7 Å². The number of ketones is 3. The molecular weight excluding hydrogens is 829 g/mol. The van der Waals surface area contributed by atoms with Crippen molar-refractivity contribution in [1.29, 1.82) is 0 Å². The molecule has 0 aromatic heterocycles. The molecule has 17 nitrogen and oxygen atoms in total. The Kier molecular flexibility index (Phi) is 17.7. The van der Waals surface area contributed by atoms with E-state index in [1.807, 2.05) is 0 Å². The van der Waals surface area contributed by atoms with E-state index in [9.17, 15) is 38.4 Å². The van der Waals surface area contributed by atoms with Crippen LogP contribution in [-0.2, 0) is 23.8 Å². The Labute approximate surface area is 373 Å². The number of ether oxygens (including phenoxy) is 5. The number of hydrogen-bond acceptors (Lipinski definition) is 13. The zero-order valence-corrected chi connectivity index (χ0v) is 38.7. The van der Waals surface area contributed by atoms with Crippen LogP contribution in [0.5, 0.6) is 11.5 Å². The smallest absolute Gasteiger partial charge is 0.412 e. The lowest BCUT2D eigenvalue weighted by atomic mass is 9.90. The fourth-order valence-corrected chi connectivity index (χ4v) is 5.89. The Morgan fingerprint density at radius 2 is 1.08 bits per heavy atom. The molecule has 0 atom stereocenters. The summed E-state index contributed by atoms with van der Waals surface area (Å²) in [4.78, 5) is 100. The molecule has 0 radical (unpaired) electrons. The van der Waals surface area contributed by atoms with Crippen molar-refractivity contribution in [3.63, 3.8) is 0 Å². The summed E-state index contributed by atoms with van der Waals surface area (Å²) in [6, 6.07) is 15.3. The average molecular weight is 889 g/mol. The predicted octanol–water partition coefficient (Wildman–Crippen LogP) is 7.74. The number of carbonyl (C=O) groups is 8. The summed E-state index contributed by atoms with van der Waals surface area (Å²) >= 11 is 0. The summed E-state index contributed by atoms with van der Waals surface area (Å²) in [5, 5.41) is 6.12. The molecule has 1 aliphatic carbocycles. The van der Waals surface area contributed by atoms with Gasteiger partial charge in [0.2, 0.25) is 0 Å². The zero-order chi connectivity index (χ0) is 48.2. The highest BCUT2D eigenvalue weighted by molar-refractivity contribution is 6.24. The third-order valence-electron chi connectivity index (χ3n) is 8.44. The van der Waals surface area contributed by atoms with Crippen LogP contribution in [0.1, 0.15) is 102 Å². The number of carbonyl (C=O) groups excluding carboxylic acids is 8. The van der Waals surface area contributed by atoms with Gasteiger partial charge in [-0.15, -0.1) is 0 Å². The van der Waals surface area contributed by atoms with Crippen molar-refractivity contribution < 1.29 is 62.0 Å². The lowest BCUT2D eigenvalue weighted by molar-refractivity contribution is -0.156. The van der Waals surface area contributed by atoms with Crippen LogP contribution in [0.15, 0.2) is 66.2 Å². The minimum Gasteiger partial charge on any atom is -0.459 e. The molecule has 0 bridgehead atoms. The van der Waals surface area contributed by atoms with Gasteiger partial charge in [-0.05, 0) is 101 Å². The molecule has 346 valence electrons. The Morgan fingerprint density at radius 1 is 0.609 bits per heavy atom. The summed E-state index contributed by atoms with van der Waals surface area (Å²) < 4.78 is 27.4. The van der Waals surface area contributed by atoms with Gasteiger partial charge in [0.1, 0.15) is 40.6 Å². The van der Waals surface area contributed by atoms with Crippen LogP contribution < -0.4 is 20.1 Å². The van der Waals surface area contributed by atoms with Crippen LogP contribution >= 0.6 is 0 Å². The molecule has 2 N–H and O–H groups in total. The van der Waals surface area contributed by atoms with Gasteiger partial charge in [0.25, 0.3) is 0 Å². The monoisotopic (exact) mass is 888 g/mol.